The zero-order valence-electron chi connectivity index (χ0n) is 24.9. The average Bonchev–Trinajstić information content (AvgIpc) is 3.46. The molecule has 1 aromatic heterocycles. The Morgan fingerprint density at radius 3 is 2.11 bits per heavy atom. The predicted molar refractivity (Wildman–Crippen MR) is 179 cm³/mol. The number of rotatable bonds is 13. The molecule has 0 aliphatic heterocycles. The fourth-order valence-electron chi connectivity index (χ4n) is 4.13. The summed E-state index contributed by atoms with van der Waals surface area (Å²) in [5.74, 6) is -0.565. The maximum atomic E-state index is 13.6. The number of hydrazone groups is 1. The molecule has 0 unspecified atom stereocenters. The van der Waals surface area contributed by atoms with Gasteiger partial charge in [-0.05, 0) is 78.4 Å². The molecule has 2 N–H and O–H groups in total. The molecular formula is C30H28Cl3N5O7S2. The normalized spacial score (nSPS) is 12.1. The Balaban J connectivity index is 1.41. The lowest BCUT2D eigenvalue weighted by molar-refractivity contribution is -0.121. The lowest BCUT2D eigenvalue weighted by Gasteiger charge is -2.22. The molecule has 0 aliphatic carbocycles. The summed E-state index contributed by atoms with van der Waals surface area (Å²) in [4.78, 5) is 23.6. The number of nitrogens with one attached hydrogen (secondary N) is 2. The molecule has 248 valence electrons. The quantitative estimate of drug-likeness (QED) is 0.138. The van der Waals surface area contributed by atoms with Gasteiger partial charge in [-0.15, -0.1) is 0 Å². The van der Waals surface area contributed by atoms with Crippen LogP contribution in [0.5, 0.6) is 0 Å². The molecule has 0 radical (unpaired) electrons. The first-order valence-electron chi connectivity index (χ1n) is 13.6. The Hall–Kier alpha value is -3.76. The molecule has 1 heterocycles. The van der Waals surface area contributed by atoms with Crippen LogP contribution in [0.15, 0.2) is 98.2 Å². The number of likely N-dealkylation sites (N-methyl/N-ethyl adjacent to an activating group) is 1. The molecule has 4 aromatic rings. The van der Waals surface area contributed by atoms with Crippen molar-refractivity contribution in [2.24, 2.45) is 5.10 Å². The number of benzene rings is 3. The largest absolute Gasteiger partial charge is 0.459 e. The lowest BCUT2D eigenvalue weighted by Crippen LogP contribution is -2.36. The van der Waals surface area contributed by atoms with Crippen LogP contribution in [0, 0.1) is 0 Å². The van der Waals surface area contributed by atoms with Gasteiger partial charge in [0.25, 0.3) is 5.91 Å². The molecule has 47 heavy (non-hydrogen) atoms. The topological polar surface area (TPSA) is 158 Å². The second kappa shape index (κ2) is 15.4. The van der Waals surface area contributed by atoms with Crippen LogP contribution in [-0.2, 0) is 42.7 Å². The highest BCUT2D eigenvalue weighted by molar-refractivity contribution is 7.89. The monoisotopic (exact) mass is 739 g/mol. The number of carbonyl (C=O) groups is 2. The number of sulfonamides is 2. The van der Waals surface area contributed by atoms with Crippen LogP contribution in [-0.4, -0.2) is 57.1 Å². The highest BCUT2D eigenvalue weighted by Crippen LogP contribution is 2.27. The van der Waals surface area contributed by atoms with Crippen LogP contribution >= 0.6 is 34.8 Å². The van der Waals surface area contributed by atoms with E-state index < -0.39 is 32.5 Å². The molecule has 0 bridgehead atoms. The van der Waals surface area contributed by atoms with E-state index in [9.17, 15) is 26.4 Å². The minimum atomic E-state index is -4.03. The third-order valence-corrected chi connectivity index (χ3v) is 11.1. The van der Waals surface area contributed by atoms with Crippen molar-refractivity contribution in [3.63, 3.8) is 0 Å². The first kappa shape index (κ1) is 36.1. The smallest absolute Gasteiger partial charge is 0.255 e. The molecule has 0 saturated heterocycles. The van der Waals surface area contributed by atoms with E-state index in [1.165, 1.54) is 79.1 Å². The van der Waals surface area contributed by atoms with E-state index in [-0.39, 0.29) is 45.3 Å². The minimum Gasteiger partial charge on any atom is -0.459 e. The maximum Gasteiger partial charge on any atom is 0.255 e. The maximum absolute atomic E-state index is 13.6. The standard InChI is InChI=1S/C30H28Cl3N5O7S2/c1-20(39)35-23-6-12-26(13-7-23)46(41,42)37(2)19-30(40)36-34-16-24-8-9-25(45-24)18-38(17-21-3-14-28(32)29(33)15-21)47(43,44)27-10-4-22(31)5-11-27/h3-16H,17-19H2,1-2H3,(H,35,39)(H,36,40)/b34-16-. The van der Waals surface area contributed by atoms with Crippen molar-refractivity contribution < 1.29 is 30.8 Å². The zero-order chi connectivity index (χ0) is 34.4. The number of hydrogen-bond acceptors (Lipinski definition) is 8. The number of hydrogen-bond donors (Lipinski definition) is 2. The van der Waals surface area contributed by atoms with E-state index in [1.54, 1.807) is 24.3 Å². The predicted octanol–water partition coefficient (Wildman–Crippen LogP) is 5.36. The van der Waals surface area contributed by atoms with Gasteiger partial charge in [-0.2, -0.15) is 13.7 Å². The Morgan fingerprint density at radius 1 is 0.830 bits per heavy atom. The molecule has 0 atom stereocenters. The Bertz CT molecular complexity index is 2000. The summed E-state index contributed by atoms with van der Waals surface area (Å²) in [7, 11) is -6.80. The van der Waals surface area contributed by atoms with Crippen LogP contribution in [0.25, 0.3) is 0 Å². The van der Waals surface area contributed by atoms with Gasteiger partial charge in [0.05, 0.1) is 39.1 Å². The molecule has 4 rings (SSSR count). The highest BCUT2D eigenvalue weighted by Gasteiger charge is 2.27. The van der Waals surface area contributed by atoms with Gasteiger partial charge in [-0.3, -0.25) is 9.59 Å². The number of furan rings is 1. The average molecular weight is 741 g/mol. The summed E-state index contributed by atoms with van der Waals surface area (Å²) in [6.45, 7) is 0.566. The number of anilines is 1. The van der Waals surface area contributed by atoms with Crippen molar-refractivity contribution in [1.29, 1.82) is 0 Å². The fourth-order valence-corrected chi connectivity index (χ4v) is 7.10. The Morgan fingerprint density at radius 2 is 1.47 bits per heavy atom. The molecule has 12 nitrogen and oxygen atoms in total. The number of nitrogens with zero attached hydrogens (tertiary/aromatic N) is 3. The molecule has 0 fully saturated rings. The van der Waals surface area contributed by atoms with Gasteiger partial charge >= 0.3 is 0 Å². The number of carbonyl (C=O) groups excluding carboxylic acids is 2. The minimum absolute atomic E-state index is 0.0204. The van der Waals surface area contributed by atoms with Crippen molar-refractivity contribution in [3.05, 3.63) is 111 Å². The summed E-state index contributed by atoms with van der Waals surface area (Å²) in [6, 6.07) is 19.1. The summed E-state index contributed by atoms with van der Waals surface area (Å²) >= 11 is 18.1. The zero-order valence-corrected chi connectivity index (χ0v) is 28.8. The molecule has 0 aliphatic rings. The van der Waals surface area contributed by atoms with E-state index >= 15 is 0 Å². The first-order chi connectivity index (χ1) is 22.1. The van der Waals surface area contributed by atoms with E-state index in [1.807, 2.05) is 0 Å². The summed E-state index contributed by atoms with van der Waals surface area (Å²) in [5.41, 5.74) is 3.25. The SMILES string of the molecule is CC(=O)Nc1ccc(S(=O)(=O)N(C)CC(=O)N/N=C\c2ccc(CN(Cc3ccc(Cl)c(Cl)c3)S(=O)(=O)c3ccc(Cl)cc3)o2)cc1. The highest BCUT2D eigenvalue weighted by atomic mass is 35.5. The Kier molecular flexibility index (Phi) is 11.8. The van der Waals surface area contributed by atoms with Gasteiger partial charge in [0.15, 0.2) is 0 Å². The van der Waals surface area contributed by atoms with Gasteiger partial charge in [0.2, 0.25) is 26.0 Å². The Labute approximate surface area is 287 Å². The van der Waals surface area contributed by atoms with Crippen LogP contribution in [0.1, 0.15) is 24.0 Å². The van der Waals surface area contributed by atoms with Crippen LogP contribution in [0.4, 0.5) is 5.69 Å². The lowest BCUT2D eigenvalue weighted by atomic mass is 10.2. The van der Waals surface area contributed by atoms with Gasteiger partial charge in [0.1, 0.15) is 11.5 Å². The van der Waals surface area contributed by atoms with Crippen LogP contribution in [0.3, 0.4) is 0 Å². The van der Waals surface area contributed by atoms with Gasteiger partial charge < -0.3 is 9.73 Å². The summed E-state index contributed by atoms with van der Waals surface area (Å²) in [5, 5.41) is 7.34. The van der Waals surface area contributed by atoms with E-state index in [0.717, 1.165) is 4.31 Å². The molecule has 2 amide bonds. The van der Waals surface area contributed by atoms with Crippen molar-refractivity contribution in [2.45, 2.75) is 29.8 Å². The number of amides is 2. The van der Waals surface area contributed by atoms with Gasteiger partial charge in [-0.25, -0.2) is 22.3 Å². The van der Waals surface area contributed by atoms with Gasteiger partial charge in [-0.1, -0.05) is 40.9 Å². The van der Waals surface area contributed by atoms with Crippen molar-refractivity contribution in [2.75, 3.05) is 18.9 Å². The van der Waals surface area contributed by atoms with Crippen molar-refractivity contribution >= 4 is 78.6 Å². The third kappa shape index (κ3) is 9.64. The summed E-state index contributed by atoms with van der Waals surface area (Å²) in [6.07, 6.45) is 1.19. The second-order valence-electron chi connectivity index (χ2n) is 10.0. The molecule has 0 spiro atoms. The molecular weight excluding hydrogens is 713 g/mol. The third-order valence-electron chi connectivity index (χ3n) is 6.44. The summed E-state index contributed by atoms with van der Waals surface area (Å²) < 4.78 is 60.7. The van der Waals surface area contributed by atoms with Crippen molar-refractivity contribution in [1.82, 2.24) is 14.0 Å². The number of halogens is 3. The van der Waals surface area contributed by atoms with E-state index in [0.29, 0.717) is 21.3 Å². The second-order valence-corrected chi connectivity index (χ2v) is 15.3. The molecule has 17 heteroatoms. The van der Waals surface area contributed by atoms with Crippen LogP contribution in [0.2, 0.25) is 15.1 Å². The van der Waals surface area contributed by atoms with Gasteiger partial charge in [0, 0.05) is 31.2 Å². The van der Waals surface area contributed by atoms with E-state index in [4.69, 9.17) is 39.2 Å². The van der Waals surface area contributed by atoms with E-state index in [2.05, 4.69) is 15.8 Å². The van der Waals surface area contributed by atoms with Crippen molar-refractivity contribution in [3.8, 4) is 0 Å². The molecule has 3 aromatic carbocycles. The fraction of sp³-hybridized carbons (Fsp3) is 0.167. The molecule has 0 saturated carbocycles. The first-order valence-corrected chi connectivity index (χ1v) is 17.6. The van der Waals surface area contributed by atoms with Crippen LogP contribution < -0.4 is 10.7 Å².